The SMILES string of the molecule is O=c1c2c3ccncc3ccc2n(-c2cccc(-c3ccccc3)c2)c(=O)n1-c1cccc(-c2ccccc2)c1. The number of aromatic nitrogens is 3. The molecule has 0 aliphatic carbocycles. The number of hydrogen-bond donors (Lipinski definition) is 0. The van der Waals surface area contributed by atoms with Crippen molar-refractivity contribution in [1.29, 1.82) is 0 Å². The van der Waals surface area contributed by atoms with Crippen molar-refractivity contribution in [3.8, 4) is 33.6 Å². The molecule has 7 rings (SSSR count). The van der Waals surface area contributed by atoms with Crippen LogP contribution in [0.25, 0.3) is 55.3 Å². The Morgan fingerprint density at radius 2 is 1.10 bits per heavy atom. The van der Waals surface area contributed by atoms with E-state index in [0.29, 0.717) is 22.3 Å². The first-order chi connectivity index (χ1) is 19.7. The molecule has 5 aromatic carbocycles. The highest BCUT2D eigenvalue weighted by Crippen LogP contribution is 2.27. The predicted octanol–water partition coefficient (Wildman–Crippen LogP) is 7.02. The Morgan fingerprint density at radius 1 is 0.525 bits per heavy atom. The molecule has 7 aromatic rings. The van der Waals surface area contributed by atoms with Gasteiger partial charge in [-0.25, -0.2) is 9.36 Å². The predicted molar refractivity (Wildman–Crippen MR) is 161 cm³/mol. The van der Waals surface area contributed by atoms with Crippen molar-refractivity contribution in [2.24, 2.45) is 0 Å². The average Bonchev–Trinajstić information content (AvgIpc) is 3.02. The number of pyridine rings is 1. The molecule has 0 N–H and O–H groups in total. The zero-order valence-electron chi connectivity index (χ0n) is 21.4. The van der Waals surface area contributed by atoms with Crippen LogP contribution in [0.1, 0.15) is 0 Å². The summed E-state index contributed by atoms with van der Waals surface area (Å²) in [4.78, 5) is 32.8. The van der Waals surface area contributed by atoms with Gasteiger partial charge in [-0.3, -0.25) is 14.3 Å². The second kappa shape index (κ2) is 9.64. The van der Waals surface area contributed by atoms with Crippen LogP contribution >= 0.6 is 0 Å². The summed E-state index contributed by atoms with van der Waals surface area (Å²) in [6, 6.07) is 40.9. The van der Waals surface area contributed by atoms with Crippen molar-refractivity contribution in [3.05, 3.63) is 161 Å². The fourth-order valence-corrected chi connectivity index (χ4v) is 5.36. The molecule has 0 saturated heterocycles. The summed E-state index contributed by atoms with van der Waals surface area (Å²) in [5, 5.41) is 2.05. The maximum Gasteiger partial charge on any atom is 0.340 e. The molecule has 190 valence electrons. The zero-order valence-corrected chi connectivity index (χ0v) is 21.4. The fraction of sp³-hybridized carbons (Fsp3) is 0. The molecule has 0 spiro atoms. The Labute approximate surface area is 229 Å². The molecule has 0 fully saturated rings. The summed E-state index contributed by atoms with van der Waals surface area (Å²) >= 11 is 0. The third-order valence-electron chi connectivity index (χ3n) is 7.26. The highest BCUT2D eigenvalue weighted by atomic mass is 16.2. The van der Waals surface area contributed by atoms with Crippen LogP contribution in [0.2, 0.25) is 0 Å². The minimum absolute atomic E-state index is 0.363. The van der Waals surface area contributed by atoms with E-state index in [1.54, 1.807) is 23.0 Å². The van der Waals surface area contributed by atoms with E-state index in [2.05, 4.69) is 4.98 Å². The van der Waals surface area contributed by atoms with Gasteiger partial charge in [0, 0.05) is 17.8 Å². The van der Waals surface area contributed by atoms with Crippen LogP contribution in [-0.4, -0.2) is 14.1 Å². The van der Waals surface area contributed by atoms with Crippen molar-refractivity contribution in [2.45, 2.75) is 0 Å². The number of hydrogen-bond acceptors (Lipinski definition) is 3. The summed E-state index contributed by atoms with van der Waals surface area (Å²) < 4.78 is 2.92. The first-order valence-electron chi connectivity index (χ1n) is 13.1. The van der Waals surface area contributed by atoms with Crippen LogP contribution in [0.3, 0.4) is 0 Å². The van der Waals surface area contributed by atoms with E-state index >= 15 is 0 Å². The van der Waals surface area contributed by atoms with E-state index in [4.69, 9.17) is 0 Å². The molecule has 2 heterocycles. The normalized spacial score (nSPS) is 11.2. The van der Waals surface area contributed by atoms with Gasteiger partial charge in [0.2, 0.25) is 0 Å². The van der Waals surface area contributed by atoms with E-state index in [1.165, 1.54) is 4.57 Å². The van der Waals surface area contributed by atoms with E-state index in [0.717, 1.165) is 33.0 Å². The third kappa shape index (κ3) is 3.92. The number of fused-ring (bicyclic) bond motifs is 3. The van der Waals surface area contributed by atoms with Crippen LogP contribution in [0.15, 0.2) is 149 Å². The largest absolute Gasteiger partial charge is 0.340 e. The van der Waals surface area contributed by atoms with Gasteiger partial charge in [0.05, 0.1) is 22.3 Å². The van der Waals surface area contributed by atoms with Crippen molar-refractivity contribution >= 4 is 21.7 Å². The molecule has 5 heteroatoms. The number of benzene rings is 5. The molecule has 0 saturated carbocycles. The molecule has 0 aliphatic rings. The van der Waals surface area contributed by atoms with Gasteiger partial charge < -0.3 is 0 Å². The van der Waals surface area contributed by atoms with Crippen LogP contribution in [0, 0.1) is 0 Å². The maximum atomic E-state index is 14.3. The molecule has 0 atom stereocenters. The number of rotatable bonds is 4. The van der Waals surface area contributed by atoms with Crippen molar-refractivity contribution < 1.29 is 0 Å². The van der Waals surface area contributed by atoms with Crippen molar-refractivity contribution in [3.63, 3.8) is 0 Å². The topological polar surface area (TPSA) is 56.9 Å². The second-order valence-corrected chi connectivity index (χ2v) is 9.65. The Hall–Kier alpha value is -5.55. The van der Waals surface area contributed by atoms with E-state index in [1.807, 2.05) is 121 Å². The standard InChI is InChI=1S/C35H23N3O2/c39-34-33-31-19-20-36-23-28(31)17-18-32(33)37(29-15-7-13-26(21-29)24-9-3-1-4-10-24)35(40)38(34)30-16-8-14-27(22-30)25-11-5-2-6-12-25/h1-23H. The van der Waals surface area contributed by atoms with Gasteiger partial charge in [-0.2, -0.15) is 0 Å². The van der Waals surface area contributed by atoms with Crippen LogP contribution in [0.5, 0.6) is 0 Å². The molecule has 40 heavy (non-hydrogen) atoms. The van der Waals surface area contributed by atoms with E-state index in [-0.39, 0.29) is 5.56 Å². The highest BCUT2D eigenvalue weighted by molar-refractivity contribution is 6.06. The molecule has 0 aliphatic heterocycles. The van der Waals surface area contributed by atoms with Gasteiger partial charge >= 0.3 is 5.69 Å². The van der Waals surface area contributed by atoms with Crippen molar-refractivity contribution in [1.82, 2.24) is 14.1 Å². The molecule has 0 unspecified atom stereocenters. The molecule has 0 radical (unpaired) electrons. The minimum atomic E-state index is -0.429. The molecule has 0 bridgehead atoms. The van der Waals surface area contributed by atoms with E-state index < -0.39 is 5.69 Å². The molecule has 2 aromatic heterocycles. The van der Waals surface area contributed by atoms with Gasteiger partial charge in [0.25, 0.3) is 5.56 Å². The Bertz CT molecular complexity index is 2150. The quantitative estimate of drug-likeness (QED) is 0.236. The first kappa shape index (κ1) is 23.6. The number of nitrogens with zero attached hydrogens (tertiary/aromatic N) is 3. The third-order valence-corrected chi connectivity index (χ3v) is 7.26. The first-order valence-corrected chi connectivity index (χ1v) is 13.1. The lowest BCUT2D eigenvalue weighted by Crippen LogP contribution is -2.38. The van der Waals surface area contributed by atoms with E-state index in [9.17, 15) is 9.59 Å². The molecule has 5 nitrogen and oxygen atoms in total. The van der Waals surface area contributed by atoms with Crippen LogP contribution < -0.4 is 11.2 Å². The summed E-state index contributed by atoms with van der Waals surface area (Å²) in [6.07, 6.45) is 3.41. The monoisotopic (exact) mass is 517 g/mol. The summed E-state index contributed by atoms with van der Waals surface area (Å²) in [5.41, 5.74) is 4.90. The van der Waals surface area contributed by atoms with Gasteiger partial charge in [0.15, 0.2) is 0 Å². The summed E-state index contributed by atoms with van der Waals surface area (Å²) in [5.74, 6) is 0. The second-order valence-electron chi connectivity index (χ2n) is 9.65. The maximum absolute atomic E-state index is 14.3. The summed E-state index contributed by atoms with van der Waals surface area (Å²) in [7, 11) is 0. The van der Waals surface area contributed by atoms with Crippen molar-refractivity contribution in [2.75, 3.05) is 0 Å². The Kier molecular flexibility index (Phi) is 5.68. The zero-order chi connectivity index (χ0) is 27.1. The van der Waals surface area contributed by atoms with Gasteiger partial charge in [-0.05, 0) is 64.0 Å². The average molecular weight is 518 g/mol. The summed E-state index contributed by atoms with van der Waals surface area (Å²) in [6.45, 7) is 0. The molecular formula is C35H23N3O2. The van der Waals surface area contributed by atoms with Crippen LogP contribution in [-0.2, 0) is 0 Å². The molecular weight excluding hydrogens is 494 g/mol. The van der Waals surface area contributed by atoms with Crippen LogP contribution in [0.4, 0.5) is 0 Å². The van der Waals surface area contributed by atoms with Gasteiger partial charge in [0.1, 0.15) is 0 Å². The highest BCUT2D eigenvalue weighted by Gasteiger charge is 2.19. The van der Waals surface area contributed by atoms with Gasteiger partial charge in [-0.1, -0.05) is 91.0 Å². The lowest BCUT2D eigenvalue weighted by atomic mass is 10.0. The lowest BCUT2D eigenvalue weighted by Gasteiger charge is -2.17. The lowest BCUT2D eigenvalue weighted by molar-refractivity contribution is 0.836. The fourth-order valence-electron chi connectivity index (χ4n) is 5.36. The minimum Gasteiger partial charge on any atom is -0.268 e. The molecule has 0 amide bonds. The smallest absolute Gasteiger partial charge is 0.268 e. The van der Waals surface area contributed by atoms with Gasteiger partial charge in [-0.15, -0.1) is 0 Å². The Morgan fingerprint density at radius 3 is 1.73 bits per heavy atom. The Balaban J connectivity index is 1.57.